The van der Waals surface area contributed by atoms with E-state index in [0.717, 1.165) is 17.7 Å². The average molecular weight is 294 g/mol. The van der Waals surface area contributed by atoms with Crippen LogP contribution in [0.1, 0.15) is 19.8 Å². The average Bonchev–Trinajstić information content (AvgIpc) is 3.23. The van der Waals surface area contributed by atoms with Crippen LogP contribution in [0.5, 0.6) is 0 Å². The Hall–Kier alpha value is -1.69. The van der Waals surface area contributed by atoms with Crippen LogP contribution in [0.2, 0.25) is 0 Å². The Kier molecular flexibility index (Phi) is 4.23. The number of carbonyl (C=O) groups is 2. The number of nitrogens with one attached hydrogen (secondary N) is 2. The van der Waals surface area contributed by atoms with Crippen LogP contribution >= 0.6 is 11.8 Å². The van der Waals surface area contributed by atoms with Gasteiger partial charge in [0.25, 0.3) is 0 Å². The lowest BCUT2D eigenvalue weighted by molar-refractivity contribution is -0.144. The summed E-state index contributed by atoms with van der Waals surface area (Å²) in [5.74, 6) is -0.976. The molecule has 0 spiro atoms. The molecule has 3 N–H and O–H groups in total. The molecule has 1 unspecified atom stereocenters. The lowest BCUT2D eigenvalue weighted by Crippen LogP contribution is -2.55. The summed E-state index contributed by atoms with van der Waals surface area (Å²) < 4.78 is 0. The standard InChI is InChI=1S/C14H18N2O3S/c1-14(12(17)18,9-6-7-9)16-13(19)15-10-4-3-5-11(8-10)20-2/h3-5,8-9H,6-7H2,1-2H3,(H,17,18)(H2,15,16,19). The predicted molar refractivity (Wildman–Crippen MR) is 79.1 cm³/mol. The highest BCUT2D eigenvalue weighted by atomic mass is 32.2. The first-order chi connectivity index (χ1) is 9.45. The van der Waals surface area contributed by atoms with Crippen molar-refractivity contribution in [3.63, 3.8) is 0 Å². The normalized spacial score (nSPS) is 17.1. The van der Waals surface area contributed by atoms with Gasteiger partial charge in [0.2, 0.25) is 0 Å². The molecule has 1 aromatic rings. The molecule has 1 atom stereocenters. The van der Waals surface area contributed by atoms with E-state index in [1.165, 1.54) is 0 Å². The zero-order chi connectivity index (χ0) is 14.8. The van der Waals surface area contributed by atoms with Crippen molar-refractivity contribution in [1.29, 1.82) is 0 Å². The monoisotopic (exact) mass is 294 g/mol. The van der Waals surface area contributed by atoms with Gasteiger partial charge in [0.1, 0.15) is 5.54 Å². The van der Waals surface area contributed by atoms with E-state index in [1.807, 2.05) is 24.5 Å². The van der Waals surface area contributed by atoms with E-state index in [4.69, 9.17) is 0 Å². The highest BCUT2D eigenvalue weighted by Gasteiger charge is 2.48. The van der Waals surface area contributed by atoms with Gasteiger partial charge in [0, 0.05) is 10.6 Å². The maximum Gasteiger partial charge on any atom is 0.329 e. The molecular weight excluding hydrogens is 276 g/mol. The zero-order valence-electron chi connectivity index (χ0n) is 11.5. The third-order valence-corrected chi connectivity index (χ3v) is 4.26. The predicted octanol–water partition coefficient (Wildman–Crippen LogP) is 2.78. The number of rotatable bonds is 5. The van der Waals surface area contributed by atoms with Crippen molar-refractivity contribution in [2.24, 2.45) is 5.92 Å². The molecule has 1 fully saturated rings. The van der Waals surface area contributed by atoms with E-state index >= 15 is 0 Å². The highest BCUT2D eigenvalue weighted by molar-refractivity contribution is 7.98. The topological polar surface area (TPSA) is 78.4 Å². The maximum absolute atomic E-state index is 12.0. The SMILES string of the molecule is CSc1cccc(NC(=O)NC(C)(C(=O)O)C2CC2)c1. The molecular formula is C14H18N2O3S. The molecule has 1 aliphatic carbocycles. The molecule has 1 aliphatic rings. The number of thioether (sulfide) groups is 1. The van der Waals surface area contributed by atoms with Gasteiger partial charge in [-0.15, -0.1) is 11.8 Å². The second-order valence-corrected chi connectivity index (χ2v) is 5.97. The van der Waals surface area contributed by atoms with Gasteiger partial charge in [0.15, 0.2) is 0 Å². The molecule has 20 heavy (non-hydrogen) atoms. The Morgan fingerprint density at radius 2 is 2.10 bits per heavy atom. The van der Waals surface area contributed by atoms with Crippen LogP contribution in [0.15, 0.2) is 29.2 Å². The van der Waals surface area contributed by atoms with Gasteiger partial charge in [-0.3, -0.25) is 0 Å². The number of benzene rings is 1. The maximum atomic E-state index is 12.0. The van der Waals surface area contributed by atoms with Crippen molar-refractivity contribution >= 4 is 29.4 Å². The first-order valence-electron chi connectivity index (χ1n) is 6.42. The highest BCUT2D eigenvalue weighted by Crippen LogP contribution is 2.39. The summed E-state index contributed by atoms with van der Waals surface area (Å²) in [4.78, 5) is 24.4. The molecule has 0 heterocycles. The number of hydrogen-bond acceptors (Lipinski definition) is 3. The van der Waals surface area contributed by atoms with Crippen molar-refractivity contribution < 1.29 is 14.7 Å². The Bertz CT molecular complexity index is 531. The summed E-state index contributed by atoms with van der Waals surface area (Å²) in [6, 6.07) is 6.92. The number of urea groups is 1. The lowest BCUT2D eigenvalue weighted by Gasteiger charge is -2.26. The molecule has 2 rings (SSSR count). The Balaban J connectivity index is 2.02. The number of aliphatic carboxylic acids is 1. The smallest absolute Gasteiger partial charge is 0.329 e. The lowest BCUT2D eigenvalue weighted by atomic mass is 9.96. The Labute approximate surface area is 122 Å². The molecule has 1 saturated carbocycles. The molecule has 0 radical (unpaired) electrons. The van der Waals surface area contributed by atoms with Gasteiger partial charge in [-0.05, 0) is 50.1 Å². The summed E-state index contributed by atoms with van der Waals surface area (Å²) in [6.07, 6.45) is 3.63. The first-order valence-corrected chi connectivity index (χ1v) is 7.65. The Morgan fingerprint density at radius 1 is 1.40 bits per heavy atom. The third kappa shape index (κ3) is 3.25. The molecule has 1 aromatic carbocycles. The van der Waals surface area contributed by atoms with Crippen molar-refractivity contribution in [2.75, 3.05) is 11.6 Å². The van der Waals surface area contributed by atoms with Gasteiger partial charge in [-0.2, -0.15) is 0 Å². The molecule has 2 amide bonds. The second-order valence-electron chi connectivity index (χ2n) is 5.09. The van der Waals surface area contributed by atoms with Crippen molar-refractivity contribution in [3.8, 4) is 0 Å². The summed E-state index contributed by atoms with van der Waals surface area (Å²) in [5.41, 5.74) is -0.542. The van der Waals surface area contributed by atoms with Crippen LogP contribution < -0.4 is 10.6 Å². The van der Waals surface area contributed by atoms with Crippen molar-refractivity contribution in [3.05, 3.63) is 24.3 Å². The van der Waals surface area contributed by atoms with Crippen LogP contribution in [-0.4, -0.2) is 28.9 Å². The molecule has 0 bridgehead atoms. The summed E-state index contributed by atoms with van der Waals surface area (Å²) in [5, 5.41) is 14.6. The molecule has 108 valence electrons. The van der Waals surface area contributed by atoms with E-state index in [2.05, 4.69) is 10.6 Å². The van der Waals surface area contributed by atoms with Crippen molar-refractivity contribution in [2.45, 2.75) is 30.2 Å². The molecule has 0 aliphatic heterocycles. The summed E-state index contributed by atoms with van der Waals surface area (Å²) in [7, 11) is 0. The van der Waals surface area contributed by atoms with Crippen LogP contribution in [0.25, 0.3) is 0 Å². The van der Waals surface area contributed by atoms with E-state index in [1.54, 1.807) is 24.8 Å². The number of carboxylic acid groups (broad SMARTS) is 1. The van der Waals surface area contributed by atoms with Crippen molar-refractivity contribution in [1.82, 2.24) is 5.32 Å². The number of anilines is 1. The van der Waals surface area contributed by atoms with Gasteiger partial charge in [-0.25, -0.2) is 9.59 Å². The van der Waals surface area contributed by atoms with E-state index < -0.39 is 17.5 Å². The number of carboxylic acids is 1. The fourth-order valence-corrected chi connectivity index (χ4v) is 2.55. The summed E-state index contributed by atoms with van der Waals surface area (Å²) >= 11 is 1.58. The van der Waals surface area contributed by atoms with Gasteiger partial charge in [-0.1, -0.05) is 6.07 Å². The van der Waals surface area contributed by atoms with Crippen LogP contribution in [0.3, 0.4) is 0 Å². The van der Waals surface area contributed by atoms with E-state index in [-0.39, 0.29) is 5.92 Å². The Morgan fingerprint density at radius 3 is 2.65 bits per heavy atom. The third-order valence-electron chi connectivity index (χ3n) is 3.54. The molecule has 6 heteroatoms. The minimum Gasteiger partial charge on any atom is -0.480 e. The van der Waals surface area contributed by atoms with Crippen LogP contribution in [-0.2, 0) is 4.79 Å². The summed E-state index contributed by atoms with van der Waals surface area (Å²) in [6.45, 7) is 1.56. The minimum absolute atomic E-state index is 0.0169. The second kappa shape index (κ2) is 5.75. The van der Waals surface area contributed by atoms with Gasteiger partial charge < -0.3 is 15.7 Å². The molecule has 5 nitrogen and oxygen atoms in total. The van der Waals surface area contributed by atoms with E-state index in [0.29, 0.717) is 5.69 Å². The van der Waals surface area contributed by atoms with Crippen LogP contribution in [0, 0.1) is 5.92 Å². The minimum atomic E-state index is -1.19. The van der Waals surface area contributed by atoms with E-state index in [9.17, 15) is 14.7 Å². The number of hydrogen-bond donors (Lipinski definition) is 3. The van der Waals surface area contributed by atoms with Gasteiger partial charge >= 0.3 is 12.0 Å². The fourth-order valence-electron chi connectivity index (χ4n) is 2.09. The first kappa shape index (κ1) is 14.7. The zero-order valence-corrected chi connectivity index (χ0v) is 12.3. The largest absolute Gasteiger partial charge is 0.480 e. The fraction of sp³-hybridized carbons (Fsp3) is 0.429. The molecule has 0 saturated heterocycles. The van der Waals surface area contributed by atoms with Gasteiger partial charge in [0.05, 0.1) is 0 Å². The quantitative estimate of drug-likeness (QED) is 0.730. The molecule has 0 aromatic heterocycles. The number of carbonyl (C=O) groups excluding carboxylic acids is 1. The van der Waals surface area contributed by atoms with Crippen LogP contribution in [0.4, 0.5) is 10.5 Å². The number of amides is 2.